The number of carbonyl (C=O) groups is 2. The number of hydrogen-bond donors (Lipinski definition) is 1. The van der Waals surface area contributed by atoms with Crippen LogP contribution in [0.5, 0.6) is 0 Å². The lowest BCUT2D eigenvalue weighted by atomic mass is 9.90. The fourth-order valence-electron chi connectivity index (χ4n) is 2.09. The van der Waals surface area contributed by atoms with E-state index < -0.39 is 11.4 Å². The van der Waals surface area contributed by atoms with E-state index in [2.05, 4.69) is 0 Å². The average Bonchev–Trinajstić information content (AvgIpc) is 2.85. The summed E-state index contributed by atoms with van der Waals surface area (Å²) >= 11 is 0. The summed E-state index contributed by atoms with van der Waals surface area (Å²) in [6.07, 6.45) is 1.96. The van der Waals surface area contributed by atoms with Gasteiger partial charge in [-0.1, -0.05) is 0 Å². The van der Waals surface area contributed by atoms with Gasteiger partial charge in [0, 0.05) is 13.1 Å². The predicted octanol–water partition coefficient (Wildman–Crippen LogP) is 1.52. The highest BCUT2D eigenvalue weighted by molar-refractivity contribution is 5.95. The molecule has 5 heteroatoms. The Morgan fingerprint density at radius 2 is 2.24 bits per heavy atom. The molecule has 5 nitrogen and oxygen atoms in total. The van der Waals surface area contributed by atoms with E-state index in [4.69, 9.17) is 9.52 Å². The zero-order valence-corrected chi connectivity index (χ0v) is 9.90. The number of likely N-dealkylation sites (tertiary alicyclic amines) is 1. The summed E-state index contributed by atoms with van der Waals surface area (Å²) in [6.45, 7) is 4.13. The number of carboxylic acid groups (broad SMARTS) is 1. The van der Waals surface area contributed by atoms with Gasteiger partial charge >= 0.3 is 5.97 Å². The molecule has 1 aromatic rings. The van der Waals surface area contributed by atoms with Gasteiger partial charge in [0.05, 0.1) is 17.2 Å². The predicted molar refractivity (Wildman–Crippen MR) is 59.7 cm³/mol. The molecule has 1 N–H and O–H groups in total. The molecule has 0 bridgehead atoms. The second-order valence-electron chi connectivity index (χ2n) is 4.73. The maximum Gasteiger partial charge on any atom is 0.311 e. The molecule has 2 rings (SSSR count). The first-order valence-electron chi connectivity index (χ1n) is 5.51. The summed E-state index contributed by atoms with van der Waals surface area (Å²) in [4.78, 5) is 24.8. The molecule has 0 aromatic carbocycles. The van der Waals surface area contributed by atoms with Gasteiger partial charge in [0.1, 0.15) is 5.76 Å². The topological polar surface area (TPSA) is 70.8 Å². The van der Waals surface area contributed by atoms with Crippen LogP contribution in [0.15, 0.2) is 16.7 Å². The van der Waals surface area contributed by atoms with Crippen LogP contribution in [0, 0.1) is 12.3 Å². The molecule has 1 fully saturated rings. The smallest absolute Gasteiger partial charge is 0.311 e. The van der Waals surface area contributed by atoms with Gasteiger partial charge in [-0.2, -0.15) is 0 Å². The van der Waals surface area contributed by atoms with Crippen LogP contribution in [-0.4, -0.2) is 35.0 Å². The lowest BCUT2D eigenvalue weighted by molar-refractivity contribution is -0.147. The number of carbonyl (C=O) groups excluding carboxylic acids is 1. The summed E-state index contributed by atoms with van der Waals surface area (Å²) in [5.74, 6) is -0.433. The van der Waals surface area contributed by atoms with E-state index in [1.807, 2.05) is 0 Å². The summed E-state index contributed by atoms with van der Waals surface area (Å²) in [5, 5.41) is 9.10. The molecule has 0 radical (unpaired) electrons. The highest BCUT2D eigenvalue weighted by atomic mass is 16.4. The van der Waals surface area contributed by atoms with E-state index in [1.54, 1.807) is 24.8 Å². The Morgan fingerprint density at radius 3 is 2.71 bits per heavy atom. The van der Waals surface area contributed by atoms with Gasteiger partial charge in [-0.25, -0.2) is 0 Å². The lowest BCUT2D eigenvalue weighted by Crippen LogP contribution is -2.34. The van der Waals surface area contributed by atoms with Crippen molar-refractivity contribution in [3.63, 3.8) is 0 Å². The highest BCUT2D eigenvalue weighted by Gasteiger charge is 2.42. The number of carboxylic acids is 1. The molecule has 17 heavy (non-hydrogen) atoms. The van der Waals surface area contributed by atoms with Crippen molar-refractivity contribution >= 4 is 11.9 Å². The SMILES string of the molecule is Cc1occc1C(=O)N1CC[C@@](C)(C(=O)O)C1. The number of rotatable bonds is 2. The molecular weight excluding hydrogens is 222 g/mol. The third-order valence-electron chi connectivity index (χ3n) is 3.37. The van der Waals surface area contributed by atoms with Gasteiger partial charge in [0.25, 0.3) is 5.91 Å². The molecule has 0 unspecified atom stereocenters. The van der Waals surface area contributed by atoms with Gasteiger partial charge in [-0.15, -0.1) is 0 Å². The number of nitrogens with zero attached hydrogens (tertiary/aromatic N) is 1. The average molecular weight is 237 g/mol. The molecule has 1 atom stereocenters. The Hall–Kier alpha value is -1.78. The van der Waals surface area contributed by atoms with Crippen LogP contribution in [0.25, 0.3) is 0 Å². The minimum atomic E-state index is -0.850. The molecule has 92 valence electrons. The van der Waals surface area contributed by atoms with Crippen molar-refractivity contribution in [2.24, 2.45) is 5.41 Å². The monoisotopic (exact) mass is 237 g/mol. The lowest BCUT2D eigenvalue weighted by Gasteiger charge is -2.19. The Kier molecular flexibility index (Phi) is 2.69. The van der Waals surface area contributed by atoms with Crippen LogP contribution >= 0.6 is 0 Å². The molecule has 1 aliphatic rings. The van der Waals surface area contributed by atoms with E-state index in [1.165, 1.54) is 6.26 Å². The third-order valence-corrected chi connectivity index (χ3v) is 3.37. The fourth-order valence-corrected chi connectivity index (χ4v) is 2.09. The zero-order valence-electron chi connectivity index (χ0n) is 9.90. The fraction of sp³-hybridized carbons (Fsp3) is 0.500. The Morgan fingerprint density at radius 1 is 1.53 bits per heavy atom. The molecular formula is C12H15NO4. The van der Waals surface area contributed by atoms with Crippen LogP contribution in [0.1, 0.15) is 29.5 Å². The minimum absolute atomic E-state index is 0.152. The largest absolute Gasteiger partial charge is 0.481 e. The number of aryl methyl sites for hydroxylation is 1. The van der Waals surface area contributed by atoms with Gasteiger partial charge in [0.2, 0.25) is 0 Å². The number of aliphatic carboxylic acids is 1. The summed E-state index contributed by atoms with van der Waals surface area (Å²) in [5.41, 5.74) is -0.313. The quantitative estimate of drug-likeness (QED) is 0.846. The normalized spacial score (nSPS) is 24.0. The van der Waals surface area contributed by atoms with Crippen LogP contribution in [0.4, 0.5) is 0 Å². The van der Waals surface area contributed by atoms with E-state index in [0.717, 1.165) is 0 Å². The van der Waals surface area contributed by atoms with Gasteiger partial charge < -0.3 is 14.4 Å². The van der Waals surface area contributed by atoms with Gasteiger partial charge in [-0.3, -0.25) is 9.59 Å². The number of amides is 1. The molecule has 1 saturated heterocycles. The Labute approximate surface area is 99.0 Å². The first-order valence-corrected chi connectivity index (χ1v) is 5.51. The van der Waals surface area contributed by atoms with Crippen molar-refractivity contribution in [3.05, 3.63) is 23.7 Å². The van der Waals surface area contributed by atoms with Crippen LogP contribution in [0.3, 0.4) is 0 Å². The maximum atomic E-state index is 12.1. The molecule has 0 spiro atoms. The first-order chi connectivity index (χ1) is 7.94. The standard InChI is InChI=1S/C12H15NO4/c1-8-9(3-6-17-8)10(14)13-5-4-12(2,7-13)11(15)16/h3,6H,4-5,7H2,1-2H3,(H,15,16)/t12-/m1/s1. The van der Waals surface area contributed by atoms with Crippen molar-refractivity contribution in [1.29, 1.82) is 0 Å². The third kappa shape index (κ3) is 1.92. The molecule has 1 aliphatic heterocycles. The van der Waals surface area contributed by atoms with Crippen molar-refractivity contribution in [2.45, 2.75) is 20.3 Å². The second kappa shape index (κ2) is 3.91. The van der Waals surface area contributed by atoms with Crippen LogP contribution < -0.4 is 0 Å². The zero-order chi connectivity index (χ0) is 12.6. The van der Waals surface area contributed by atoms with E-state index in [0.29, 0.717) is 24.3 Å². The summed E-state index contributed by atoms with van der Waals surface area (Å²) in [7, 11) is 0. The molecule has 2 heterocycles. The van der Waals surface area contributed by atoms with Crippen molar-refractivity contribution < 1.29 is 19.1 Å². The van der Waals surface area contributed by atoms with E-state index in [-0.39, 0.29) is 12.5 Å². The number of furan rings is 1. The molecule has 1 amide bonds. The van der Waals surface area contributed by atoms with Gasteiger partial charge in [-0.05, 0) is 26.3 Å². The highest BCUT2D eigenvalue weighted by Crippen LogP contribution is 2.31. The molecule has 0 saturated carbocycles. The van der Waals surface area contributed by atoms with Crippen molar-refractivity contribution in [1.82, 2.24) is 4.90 Å². The van der Waals surface area contributed by atoms with Crippen molar-refractivity contribution in [3.8, 4) is 0 Å². The first kappa shape index (κ1) is 11.7. The molecule has 1 aromatic heterocycles. The summed E-state index contributed by atoms with van der Waals surface area (Å²) < 4.78 is 5.08. The number of hydrogen-bond acceptors (Lipinski definition) is 3. The van der Waals surface area contributed by atoms with E-state index in [9.17, 15) is 9.59 Å². The van der Waals surface area contributed by atoms with Crippen LogP contribution in [0.2, 0.25) is 0 Å². The Balaban J connectivity index is 2.15. The maximum absolute atomic E-state index is 12.1. The second-order valence-corrected chi connectivity index (χ2v) is 4.73. The van der Waals surface area contributed by atoms with E-state index >= 15 is 0 Å². The minimum Gasteiger partial charge on any atom is -0.481 e. The summed E-state index contributed by atoms with van der Waals surface area (Å²) in [6, 6.07) is 1.62. The molecule has 0 aliphatic carbocycles. The van der Waals surface area contributed by atoms with Gasteiger partial charge in [0.15, 0.2) is 0 Å². The van der Waals surface area contributed by atoms with Crippen molar-refractivity contribution in [2.75, 3.05) is 13.1 Å². The Bertz CT molecular complexity index is 465. The van der Waals surface area contributed by atoms with Crippen LogP contribution in [-0.2, 0) is 4.79 Å².